The lowest BCUT2D eigenvalue weighted by Gasteiger charge is -2.27. The van der Waals surface area contributed by atoms with Crippen LogP contribution < -0.4 is 31.9 Å². The van der Waals surface area contributed by atoms with Crippen LogP contribution in [0, 0.1) is 5.92 Å². The van der Waals surface area contributed by atoms with Gasteiger partial charge in [0.1, 0.15) is 17.6 Å². The number of piperidine rings is 1. The summed E-state index contributed by atoms with van der Waals surface area (Å²) in [5.74, 6) is -4.48. The first kappa shape index (κ1) is 47.5. The molecule has 23 heteroatoms. The monoisotopic (exact) mass is 932 g/mol. The van der Waals surface area contributed by atoms with E-state index in [4.69, 9.17) is 4.74 Å². The Morgan fingerprint density at radius 1 is 0.937 bits per heavy atom. The smallest absolute Gasteiger partial charge is 0.264 e. The van der Waals surface area contributed by atoms with Crippen molar-refractivity contribution in [2.45, 2.75) is 62.1 Å². The lowest BCUT2D eigenvalue weighted by Crippen LogP contribution is -2.54. The van der Waals surface area contributed by atoms with Gasteiger partial charge in [0, 0.05) is 69.7 Å². The number of rotatable bonds is 21. The maximum Gasteiger partial charge on any atom is 0.264 e. The molecule has 2 aromatic rings. The minimum absolute atomic E-state index is 0.000236. The van der Waals surface area contributed by atoms with Crippen molar-refractivity contribution in [3.8, 4) is 0 Å². The van der Waals surface area contributed by atoms with Crippen LogP contribution in [0.25, 0.3) is 0 Å². The normalized spacial score (nSPS) is 22.1. The van der Waals surface area contributed by atoms with Gasteiger partial charge in [-0.3, -0.25) is 49.1 Å². The third-order valence-corrected chi connectivity index (χ3v) is 15.1. The summed E-state index contributed by atoms with van der Waals surface area (Å²) in [7, 11) is -7.14. The lowest BCUT2D eigenvalue weighted by molar-refractivity contribution is -0.136. The number of hydrogen-bond acceptors (Lipinski definition) is 15. The molecule has 6 N–H and O–H groups in total. The van der Waals surface area contributed by atoms with Crippen molar-refractivity contribution in [2.75, 3.05) is 68.2 Å². The van der Waals surface area contributed by atoms with E-state index in [1.807, 2.05) is 30.3 Å². The van der Waals surface area contributed by atoms with Crippen LogP contribution in [-0.4, -0.2) is 148 Å². The van der Waals surface area contributed by atoms with Gasteiger partial charge in [-0.05, 0) is 43.4 Å². The molecule has 3 saturated heterocycles. The Morgan fingerprint density at radius 3 is 2.43 bits per heavy atom. The molecule has 3 fully saturated rings. The first-order valence-corrected chi connectivity index (χ1v) is 25.3. The number of ether oxygens (including phenoxy) is 1. The van der Waals surface area contributed by atoms with Crippen molar-refractivity contribution in [1.29, 1.82) is 0 Å². The zero-order valence-corrected chi connectivity index (χ0v) is 37.1. The summed E-state index contributed by atoms with van der Waals surface area (Å²) in [6.07, 6.45) is 1.83. The summed E-state index contributed by atoms with van der Waals surface area (Å²) < 4.78 is 56.5. The number of imide groups is 2. The molecule has 4 aliphatic rings. The highest BCUT2D eigenvalue weighted by Crippen LogP contribution is 2.32. The number of nitrogens with one attached hydrogen (secondary N) is 6. The van der Waals surface area contributed by atoms with E-state index in [0.29, 0.717) is 12.8 Å². The molecule has 0 radical (unpaired) electrons. The Balaban J connectivity index is 0.894. The van der Waals surface area contributed by atoms with Crippen LogP contribution in [0.3, 0.4) is 0 Å². The van der Waals surface area contributed by atoms with Crippen molar-refractivity contribution in [3.05, 3.63) is 65.2 Å². The van der Waals surface area contributed by atoms with E-state index >= 15 is 0 Å². The van der Waals surface area contributed by atoms with Crippen molar-refractivity contribution in [1.82, 2.24) is 35.8 Å². The van der Waals surface area contributed by atoms with Crippen molar-refractivity contribution in [3.63, 3.8) is 0 Å². The first-order valence-electron chi connectivity index (χ1n) is 20.6. The number of benzene rings is 2. The van der Waals surface area contributed by atoms with E-state index in [1.54, 1.807) is 0 Å². The standard InChI is InChI=1S/C40H52N8O12S3/c1-62(56,57)47-18-14-26(23-47)35(51)43-29(36(52)46-40-44-30(24-61-40)25-7-3-2-4-8-25)15-20-60-19-6-11-32(49)42-17-22-63(58,59)21-16-41-28-10-5-9-27-34(28)39(55)48(38(27)54)31-12-13-33(50)45-37(31)53/h2-5,7-10,26,29-31,40-41,44H,6,11-24H2,1H3,(H,42,49)(H,43,51)(H,46,52)(H,45,50,53)/t26?,29-,30?,31?,40?/m0/s1. The zero-order chi connectivity index (χ0) is 45.3. The molecule has 2 aromatic carbocycles. The van der Waals surface area contributed by atoms with Gasteiger partial charge in [0.15, 0.2) is 9.84 Å². The molecule has 20 nitrogen and oxygen atoms in total. The number of sulfone groups is 1. The van der Waals surface area contributed by atoms with Crippen LogP contribution in [0.15, 0.2) is 48.5 Å². The molecule has 0 saturated carbocycles. The molecule has 342 valence electrons. The predicted molar refractivity (Wildman–Crippen MR) is 231 cm³/mol. The number of amides is 7. The third kappa shape index (κ3) is 12.6. The number of carbonyl (C=O) groups excluding carboxylic acids is 7. The van der Waals surface area contributed by atoms with Gasteiger partial charge in [-0.2, -0.15) is 0 Å². The van der Waals surface area contributed by atoms with Gasteiger partial charge in [0.2, 0.25) is 39.6 Å². The van der Waals surface area contributed by atoms with Gasteiger partial charge < -0.3 is 26.0 Å². The number of nitrogens with zero attached hydrogens (tertiary/aromatic N) is 2. The summed E-state index contributed by atoms with van der Waals surface area (Å²) in [5.41, 5.74) is 0.963. The number of anilines is 1. The van der Waals surface area contributed by atoms with E-state index < -0.39 is 84.7 Å². The Hall–Kier alpha value is -4.94. The minimum Gasteiger partial charge on any atom is -0.383 e. The molecule has 4 heterocycles. The first-order chi connectivity index (χ1) is 30.0. The highest BCUT2D eigenvalue weighted by atomic mass is 32.2. The van der Waals surface area contributed by atoms with E-state index in [1.165, 1.54) is 34.3 Å². The van der Waals surface area contributed by atoms with Gasteiger partial charge in [0.05, 0.1) is 34.8 Å². The SMILES string of the molecule is CS(=O)(=O)N1CCC(C(=O)N[C@@H](CCOCCCC(=O)NCCS(=O)(=O)CCNc2cccc3c2C(=O)N(C2CCC(=O)NC2=O)C3=O)C(=O)NC2NC(c3ccccc3)CS2)C1. The number of carbonyl (C=O) groups is 7. The maximum absolute atomic E-state index is 13.5. The molecule has 6 rings (SSSR count). The number of sulfonamides is 1. The predicted octanol–water partition coefficient (Wildman–Crippen LogP) is -0.539. The van der Waals surface area contributed by atoms with E-state index in [2.05, 4.69) is 31.9 Å². The third-order valence-electron chi connectivity index (χ3n) is 11.1. The molecule has 0 spiro atoms. The number of hydrogen-bond donors (Lipinski definition) is 6. The van der Waals surface area contributed by atoms with Gasteiger partial charge in [-0.25, -0.2) is 21.1 Å². The van der Waals surface area contributed by atoms with Crippen LogP contribution in [0.5, 0.6) is 0 Å². The zero-order valence-electron chi connectivity index (χ0n) is 34.6. The fourth-order valence-corrected chi connectivity index (χ4v) is 10.7. The van der Waals surface area contributed by atoms with Crippen molar-refractivity contribution < 1.29 is 55.1 Å². The second-order valence-electron chi connectivity index (χ2n) is 15.6. The van der Waals surface area contributed by atoms with Gasteiger partial charge in [-0.1, -0.05) is 36.4 Å². The molecule has 4 unspecified atom stereocenters. The van der Waals surface area contributed by atoms with E-state index in [-0.39, 0.29) is 99.4 Å². The average molecular weight is 933 g/mol. The molecule has 5 atom stereocenters. The van der Waals surface area contributed by atoms with Crippen LogP contribution in [0.2, 0.25) is 0 Å². The van der Waals surface area contributed by atoms with Gasteiger partial charge in [-0.15, -0.1) is 11.8 Å². The quantitative estimate of drug-likeness (QED) is 0.0678. The minimum atomic E-state index is -3.67. The Morgan fingerprint density at radius 2 is 1.70 bits per heavy atom. The van der Waals surface area contributed by atoms with E-state index in [9.17, 15) is 50.4 Å². The van der Waals surface area contributed by atoms with Crippen LogP contribution >= 0.6 is 11.8 Å². The molecule has 7 amide bonds. The molecule has 0 aromatic heterocycles. The van der Waals surface area contributed by atoms with E-state index in [0.717, 1.165) is 22.5 Å². The Bertz CT molecular complexity index is 2300. The second-order valence-corrected chi connectivity index (χ2v) is 21.1. The highest BCUT2D eigenvalue weighted by Gasteiger charge is 2.45. The number of thioether (sulfide) groups is 1. The number of fused-ring (bicyclic) bond motifs is 1. The van der Waals surface area contributed by atoms with Crippen LogP contribution in [0.4, 0.5) is 5.69 Å². The van der Waals surface area contributed by atoms with Crippen molar-refractivity contribution in [2.24, 2.45) is 5.92 Å². The Kier molecular flexibility index (Phi) is 16.0. The van der Waals surface area contributed by atoms with Crippen LogP contribution in [0.1, 0.15) is 70.8 Å². The Labute approximate surface area is 369 Å². The summed E-state index contributed by atoms with van der Waals surface area (Å²) >= 11 is 1.52. The molecular weight excluding hydrogens is 881 g/mol. The average Bonchev–Trinajstić information content (AvgIpc) is 3.99. The summed E-state index contributed by atoms with van der Waals surface area (Å²) in [6, 6.07) is 12.2. The topological polar surface area (TPSA) is 276 Å². The van der Waals surface area contributed by atoms with Crippen LogP contribution in [-0.2, 0) is 48.6 Å². The largest absolute Gasteiger partial charge is 0.383 e. The summed E-state index contributed by atoms with van der Waals surface area (Å²) in [5, 5.41) is 16.7. The van der Waals surface area contributed by atoms with Crippen molar-refractivity contribution >= 4 is 78.7 Å². The lowest BCUT2D eigenvalue weighted by atomic mass is 10.0. The summed E-state index contributed by atoms with van der Waals surface area (Å²) in [6.45, 7) is 0.202. The fourth-order valence-electron chi connectivity index (χ4n) is 7.64. The fraction of sp³-hybridized carbons (Fsp3) is 0.525. The maximum atomic E-state index is 13.5. The molecule has 63 heavy (non-hydrogen) atoms. The molecule has 0 aliphatic carbocycles. The second kappa shape index (κ2) is 21.2. The highest BCUT2D eigenvalue weighted by molar-refractivity contribution is 8.00. The summed E-state index contributed by atoms with van der Waals surface area (Å²) in [4.78, 5) is 90.3. The molecule has 0 bridgehead atoms. The van der Waals surface area contributed by atoms with Gasteiger partial charge >= 0.3 is 0 Å². The van der Waals surface area contributed by atoms with Gasteiger partial charge in [0.25, 0.3) is 11.8 Å². The molecule has 4 aliphatic heterocycles. The molecular formula is C40H52N8O12S3.